The fraction of sp³-hybridized carbons (Fsp3) is 0.412. The Kier molecular flexibility index (Phi) is 8.83. The highest BCUT2D eigenvalue weighted by Gasteiger charge is 2.31. The van der Waals surface area contributed by atoms with Gasteiger partial charge in [-0.1, -0.05) is 87.7 Å². The Bertz CT molecular complexity index is 1270. The van der Waals surface area contributed by atoms with Gasteiger partial charge in [0, 0.05) is 22.7 Å². The van der Waals surface area contributed by atoms with Crippen molar-refractivity contribution in [1.82, 2.24) is 4.98 Å². The van der Waals surface area contributed by atoms with E-state index in [1.54, 1.807) is 6.20 Å². The van der Waals surface area contributed by atoms with E-state index in [1.807, 2.05) is 18.2 Å². The Labute approximate surface area is 227 Å². The van der Waals surface area contributed by atoms with E-state index in [-0.39, 0.29) is 12.0 Å². The second kappa shape index (κ2) is 12.1. The largest absolute Gasteiger partial charge is 0.463 e. The number of carbonyl (C=O) groups excluding carboxylic acids is 1. The molecule has 0 bridgehead atoms. The molecule has 1 N–H and O–H groups in total. The third-order valence-electron chi connectivity index (χ3n) is 8.52. The number of ether oxygens (including phenoxy) is 1. The van der Waals surface area contributed by atoms with Gasteiger partial charge >= 0.3 is 0 Å². The Morgan fingerprint density at radius 3 is 2.21 bits per heavy atom. The number of aromatic nitrogens is 1. The molecule has 1 aromatic heterocycles. The van der Waals surface area contributed by atoms with Crippen LogP contribution in [0.1, 0.15) is 92.2 Å². The zero-order valence-corrected chi connectivity index (χ0v) is 23.3. The molecule has 4 nitrogen and oxygen atoms in total. The summed E-state index contributed by atoms with van der Waals surface area (Å²) in [5, 5.41) is 10.9. The van der Waals surface area contributed by atoms with Gasteiger partial charge in [0.25, 0.3) is 6.47 Å². The first kappa shape index (κ1) is 27.8. The second-order valence-electron chi connectivity index (χ2n) is 10.8. The topological polar surface area (TPSA) is 59.4 Å². The van der Waals surface area contributed by atoms with Crippen LogP contribution in [-0.4, -0.2) is 22.2 Å². The van der Waals surface area contributed by atoms with Crippen LogP contribution in [0.25, 0.3) is 17.3 Å². The maximum atomic E-state index is 10.9. The molecule has 0 spiro atoms. The first-order chi connectivity index (χ1) is 18.3. The standard InChI is InChI=1S/C34H41NO3/c1-5-34(6-2,29-12-11-28(25(3)20-29)16-19-33(37)17-8-7-9-18-33)30-13-14-31(26(4)21-30)32-15-10-27(22-35-32)23-38-24-36/h10-16,19-22,24,37H,5-9,17-18,23H2,1-4H3/b19-16+. The van der Waals surface area contributed by atoms with Crippen LogP contribution < -0.4 is 0 Å². The number of nitrogens with zero attached hydrogens (tertiary/aromatic N) is 1. The van der Waals surface area contributed by atoms with Crippen LogP contribution in [0.15, 0.2) is 60.8 Å². The van der Waals surface area contributed by atoms with Gasteiger partial charge in [-0.3, -0.25) is 9.78 Å². The minimum absolute atomic E-state index is 0.0820. The van der Waals surface area contributed by atoms with Gasteiger partial charge in [-0.2, -0.15) is 0 Å². The lowest BCUT2D eigenvalue weighted by Crippen LogP contribution is -2.28. The predicted octanol–water partition coefficient (Wildman–Crippen LogP) is 7.85. The van der Waals surface area contributed by atoms with E-state index in [0.29, 0.717) is 6.47 Å². The van der Waals surface area contributed by atoms with Crippen molar-refractivity contribution in [3.63, 3.8) is 0 Å². The minimum Gasteiger partial charge on any atom is -0.463 e. The van der Waals surface area contributed by atoms with Crippen molar-refractivity contribution >= 4 is 12.5 Å². The first-order valence-electron chi connectivity index (χ1n) is 14.0. The number of aliphatic hydroxyl groups is 1. The molecular formula is C34H41NO3. The van der Waals surface area contributed by atoms with E-state index in [1.165, 1.54) is 34.2 Å². The van der Waals surface area contributed by atoms with Crippen LogP contribution >= 0.6 is 0 Å². The minimum atomic E-state index is -0.655. The summed E-state index contributed by atoms with van der Waals surface area (Å²) in [5.74, 6) is 0. The van der Waals surface area contributed by atoms with Crippen molar-refractivity contribution in [3.05, 3.63) is 94.2 Å². The number of hydrogen-bond donors (Lipinski definition) is 1. The summed E-state index contributed by atoms with van der Waals surface area (Å²) in [6, 6.07) is 17.5. The molecule has 1 aliphatic rings. The number of pyridine rings is 1. The number of benzene rings is 2. The average molecular weight is 512 g/mol. The maximum Gasteiger partial charge on any atom is 0.293 e. The van der Waals surface area contributed by atoms with Crippen molar-refractivity contribution < 1.29 is 14.6 Å². The van der Waals surface area contributed by atoms with Crippen LogP contribution in [-0.2, 0) is 21.6 Å². The monoisotopic (exact) mass is 511 g/mol. The van der Waals surface area contributed by atoms with Gasteiger partial charge in [-0.05, 0) is 73.4 Å². The quantitative estimate of drug-likeness (QED) is 0.282. The summed E-state index contributed by atoms with van der Waals surface area (Å²) in [5.41, 5.74) is 8.40. The predicted molar refractivity (Wildman–Crippen MR) is 155 cm³/mol. The lowest BCUT2D eigenvalue weighted by Gasteiger charge is -2.34. The van der Waals surface area contributed by atoms with Gasteiger partial charge in [-0.15, -0.1) is 0 Å². The maximum absolute atomic E-state index is 10.9. The molecule has 0 saturated heterocycles. The van der Waals surface area contributed by atoms with Gasteiger partial charge in [0.2, 0.25) is 0 Å². The van der Waals surface area contributed by atoms with Crippen molar-refractivity contribution in [1.29, 1.82) is 0 Å². The molecule has 200 valence electrons. The van der Waals surface area contributed by atoms with Gasteiger partial charge in [0.15, 0.2) is 0 Å². The smallest absolute Gasteiger partial charge is 0.293 e. The molecule has 1 aliphatic carbocycles. The summed E-state index contributed by atoms with van der Waals surface area (Å²) in [6.07, 6.45) is 13.1. The number of hydrogen-bond acceptors (Lipinski definition) is 4. The number of carbonyl (C=O) groups is 1. The van der Waals surface area contributed by atoms with E-state index in [2.05, 4.69) is 75.2 Å². The highest BCUT2D eigenvalue weighted by molar-refractivity contribution is 5.65. The summed E-state index contributed by atoms with van der Waals surface area (Å²) in [4.78, 5) is 15.1. The normalized spacial score (nSPS) is 15.5. The third kappa shape index (κ3) is 5.91. The molecule has 1 fully saturated rings. The second-order valence-corrected chi connectivity index (χ2v) is 10.8. The Hall–Kier alpha value is -3.24. The van der Waals surface area contributed by atoms with Crippen LogP contribution in [0.4, 0.5) is 0 Å². The van der Waals surface area contributed by atoms with Crippen molar-refractivity contribution in [2.45, 2.75) is 90.3 Å². The molecule has 4 heteroatoms. The zero-order valence-electron chi connectivity index (χ0n) is 23.3. The molecule has 1 heterocycles. The van der Waals surface area contributed by atoms with Gasteiger partial charge in [0.05, 0.1) is 11.3 Å². The van der Waals surface area contributed by atoms with Gasteiger partial charge in [-0.25, -0.2) is 0 Å². The van der Waals surface area contributed by atoms with E-state index in [9.17, 15) is 9.90 Å². The van der Waals surface area contributed by atoms with Crippen molar-refractivity contribution in [2.24, 2.45) is 0 Å². The molecule has 0 aliphatic heterocycles. The molecule has 0 radical (unpaired) electrons. The molecule has 38 heavy (non-hydrogen) atoms. The van der Waals surface area contributed by atoms with E-state index in [0.717, 1.165) is 55.3 Å². The fourth-order valence-corrected chi connectivity index (χ4v) is 6.02. The highest BCUT2D eigenvalue weighted by atomic mass is 16.5. The lowest BCUT2D eigenvalue weighted by molar-refractivity contribution is -0.129. The average Bonchev–Trinajstić information content (AvgIpc) is 2.93. The van der Waals surface area contributed by atoms with E-state index < -0.39 is 5.60 Å². The molecule has 3 aromatic rings. The molecule has 0 atom stereocenters. The van der Waals surface area contributed by atoms with E-state index in [4.69, 9.17) is 4.74 Å². The summed E-state index contributed by atoms with van der Waals surface area (Å²) < 4.78 is 4.83. The van der Waals surface area contributed by atoms with Crippen molar-refractivity contribution in [2.75, 3.05) is 0 Å². The van der Waals surface area contributed by atoms with Crippen LogP contribution in [0.5, 0.6) is 0 Å². The molecular weight excluding hydrogens is 470 g/mol. The molecule has 1 saturated carbocycles. The SMILES string of the molecule is CCC(CC)(c1ccc(/C=C/C2(O)CCCCC2)c(C)c1)c1ccc(-c2ccc(COC=O)cn2)c(C)c1. The highest BCUT2D eigenvalue weighted by Crippen LogP contribution is 2.41. The lowest BCUT2D eigenvalue weighted by atomic mass is 9.69. The van der Waals surface area contributed by atoms with Gasteiger partial charge in [0.1, 0.15) is 6.61 Å². The molecule has 0 unspecified atom stereocenters. The number of rotatable bonds is 10. The molecule has 2 aromatic carbocycles. The molecule has 0 amide bonds. The Balaban J connectivity index is 1.61. The zero-order chi connectivity index (χ0) is 27.2. The fourth-order valence-electron chi connectivity index (χ4n) is 6.02. The van der Waals surface area contributed by atoms with Gasteiger partial charge < -0.3 is 9.84 Å². The van der Waals surface area contributed by atoms with Crippen molar-refractivity contribution in [3.8, 4) is 11.3 Å². The van der Waals surface area contributed by atoms with Crippen LogP contribution in [0.3, 0.4) is 0 Å². The summed E-state index contributed by atoms with van der Waals surface area (Å²) in [7, 11) is 0. The summed E-state index contributed by atoms with van der Waals surface area (Å²) >= 11 is 0. The Morgan fingerprint density at radius 2 is 1.63 bits per heavy atom. The molecule has 4 rings (SSSR count). The van der Waals surface area contributed by atoms with E-state index >= 15 is 0 Å². The Morgan fingerprint density at radius 1 is 0.947 bits per heavy atom. The van der Waals surface area contributed by atoms with Crippen LogP contribution in [0.2, 0.25) is 0 Å². The third-order valence-corrected chi connectivity index (χ3v) is 8.52. The van der Waals surface area contributed by atoms with Crippen LogP contribution in [0, 0.1) is 13.8 Å². The number of aryl methyl sites for hydroxylation is 2. The first-order valence-corrected chi connectivity index (χ1v) is 14.0. The summed E-state index contributed by atoms with van der Waals surface area (Å²) in [6.45, 7) is 9.56.